The molecule has 1 aromatic heterocycles. The van der Waals surface area contributed by atoms with Gasteiger partial charge >= 0.3 is 22.8 Å². The van der Waals surface area contributed by atoms with Gasteiger partial charge in [0, 0.05) is 12.6 Å². The van der Waals surface area contributed by atoms with E-state index >= 15 is 0 Å². The molecule has 184 valence electrons. The number of aliphatic hydroxyl groups excluding tert-OH is 1. The number of nitrogens with two attached hydrogens (primary N) is 1. The Morgan fingerprint density at radius 1 is 1.16 bits per heavy atom. The van der Waals surface area contributed by atoms with Gasteiger partial charge in [0.15, 0.2) is 6.23 Å². The maximum Gasteiger partial charge on any atom is 0.351 e. The van der Waals surface area contributed by atoms with Crippen LogP contribution in [0.2, 0.25) is 22.2 Å². The van der Waals surface area contributed by atoms with Gasteiger partial charge in [0.05, 0.1) is 12.7 Å². The summed E-state index contributed by atoms with van der Waals surface area (Å²) >= 11 is 0. The topological polar surface area (TPSA) is 129 Å². The number of nitrogens with zero attached hydrogens (tertiary/aromatic N) is 2. The SMILES string of the molecule is CC(C)[Si](O)(O[Si](OC[C@@H]1C[C@@H](O)[C@H](n2ccc(N)nc2=O)O1)(C(C)C)C(C)C)C(C)C. The molecule has 0 amide bonds. The van der Waals surface area contributed by atoms with Crippen molar-refractivity contribution in [3.05, 3.63) is 22.7 Å². The van der Waals surface area contributed by atoms with Gasteiger partial charge in [-0.15, -0.1) is 0 Å². The Kier molecular flexibility index (Phi) is 8.87. The summed E-state index contributed by atoms with van der Waals surface area (Å²) in [5, 5.41) is 10.5. The molecule has 4 N–H and O–H groups in total. The van der Waals surface area contributed by atoms with Crippen LogP contribution >= 0.6 is 0 Å². The van der Waals surface area contributed by atoms with Gasteiger partial charge in [0.1, 0.15) is 11.9 Å². The predicted molar refractivity (Wildman–Crippen MR) is 129 cm³/mol. The Bertz CT molecular complexity index is 801. The second kappa shape index (κ2) is 10.5. The Labute approximate surface area is 193 Å². The van der Waals surface area contributed by atoms with Crippen LogP contribution in [0.5, 0.6) is 0 Å². The van der Waals surface area contributed by atoms with Crippen LogP contribution in [0, 0.1) is 0 Å². The smallest absolute Gasteiger partial charge is 0.351 e. The lowest BCUT2D eigenvalue weighted by molar-refractivity contribution is -0.0535. The summed E-state index contributed by atoms with van der Waals surface area (Å²) in [6, 6.07) is 1.49. The van der Waals surface area contributed by atoms with Crippen molar-refractivity contribution in [1.82, 2.24) is 9.55 Å². The van der Waals surface area contributed by atoms with Crippen LogP contribution in [0.25, 0.3) is 0 Å². The highest BCUT2D eigenvalue weighted by Crippen LogP contribution is 2.42. The van der Waals surface area contributed by atoms with Gasteiger partial charge < -0.3 is 28.9 Å². The van der Waals surface area contributed by atoms with E-state index in [-0.39, 0.29) is 34.6 Å². The first kappa shape index (κ1) is 27.2. The summed E-state index contributed by atoms with van der Waals surface area (Å²) in [5.41, 5.74) is 5.24. The zero-order valence-corrected chi connectivity index (χ0v) is 22.6. The lowest BCUT2D eigenvalue weighted by Crippen LogP contribution is -2.60. The third-order valence-corrected chi connectivity index (χ3v) is 16.1. The van der Waals surface area contributed by atoms with Crippen molar-refractivity contribution in [3.8, 4) is 0 Å². The number of rotatable bonds is 10. The average Bonchev–Trinajstić information content (AvgIpc) is 3.04. The molecule has 0 spiro atoms. The number of anilines is 1. The van der Waals surface area contributed by atoms with Gasteiger partial charge in [-0.1, -0.05) is 55.4 Å². The molecule has 32 heavy (non-hydrogen) atoms. The van der Waals surface area contributed by atoms with Gasteiger partial charge in [-0.3, -0.25) is 4.57 Å². The first-order valence-corrected chi connectivity index (χ1v) is 15.5. The van der Waals surface area contributed by atoms with Gasteiger partial charge in [-0.25, -0.2) is 4.79 Å². The van der Waals surface area contributed by atoms with Crippen LogP contribution in [-0.2, 0) is 13.3 Å². The van der Waals surface area contributed by atoms with Crippen molar-refractivity contribution in [2.24, 2.45) is 0 Å². The van der Waals surface area contributed by atoms with E-state index in [0.717, 1.165) is 0 Å². The molecule has 1 aromatic rings. The molecule has 2 heterocycles. The number of nitrogen functional groups attached to an aromatic ring is 1. The quantitative estimate of drug-likeness (QED) is 0.430. The van der Waals surface area contributed by atoms with E-state index < -0.39 is 41.2 Å². The van der Waals surface area contributed by atoms with Crippen molar-refractivity contribution in [2.75, 3.05) is 12.3 Å². The van der Waals surface area contributed by atoms with Crippen molar-refractivity contribution in [1.29, 1.82) is 0 Å². The van der Waals surface area contributed by atoms with Crippen LogP contribution in [0.1, 0.15) is 68.0 Å². The van der Waals surface area contributed by atoms with Crippen molar-refractivity contribution >= 4 is 22.9 Å². The van der Waals surface area contributed by atoms with E-state index in [1.165, 1.54) is 16.8 Å². The number of ether oxygens (including phenoxy) is 1. The minimum atomic E-state index is -3.05. The monoisotopic (exact) mass is 487 g/mol. The zero-order chi connectivity index (χ0) is 24.4. The van der Waals surface area contributed by atoms with Gasteiger partial charge in [0.25, 0.3) is 0 Å². The van der Waals surface area contributed by atoms with E-state index in [2.05, 4.69) is 32.7 Å². The van der Waals surface area contributed by atoms with Crippen LogP contribution in [0.4, 0.5) is 5.82 Å². The average molecular weight is 488 g/mol. The Hall–Kier alpha value is -1.09. The second-order valence-corrected chi connectivity index (χ2v) is 18.7. The number of hydrogen-bond donors (Lipinski definition) is 3. The summed E-state index contributed by atoms with van der Waals surface area (Å²) in [7, 11) is -5.92. The summed E-state index contributed by atoms with van der Waals surface area (Å²) in [4.78, 5) is 27.4. The fourth-order valence-electron chi connectivity index (χ4n) is 4.35. The molecule has 0 aromatic carbocycles. The molecule has 1 saturated heterocycles. The predicted octanol–water partition coefficient (Wildman–Crippen LogP) is 3.02. The summed E-state index contributed by atoms with van der Waals surface area (Å²) < 4.78 is 20.5. The van der Waals surface area contributed by atoms with Crippen LogP contribution in [0.15, 0.2) is 17.1 Å². The van der Waals surface area contributed by atoms with Crippen molar-refractivity contribution in [2.45, 2.75) is 102 Å². The summed E-state index contributed by atoms with van der Waals surface area (Å²) in [6.45, 7) is 16.5. The molecular weight excluding hydrogens is 446 g/mol. The molecule has 1 fully saturated rings. The largest absolute Gasteiger partial charge is 0.414 e. The van der Waals surface area contributed by atoms with Crippen LogP contribution in [0.3, 0.4) is 0 Å². The standard InChI is InChI=1S/C21H41N3O6Si2/c1-13(2)31(27,14(3)4)30-32(15(5)6,16(7)8)28-12-17-11-18(25)20(29-17)24-10-9-19(22)23-21(24)26/h9-10,13-18,20,25,27H,11-12H2,1-8H3,(H2,22,23,26)/t17-,18+,20+/m0/s1. The normalized spacial score (nSPS) is 22.6. The fraction of sp³-hybridized carbons (Fsp3) is 0.810. The van der Waals surface area contributed by atoms with Gasteiger partial charge in [-0.2, -0.15) is 4.98 Å². The van der Waals surface area contributed by atoms with Crippen LogP contribution in [-0.4, -0.2) is 55.4 Å². The maximum absolute atomic E-state index is 12.2. The molecule has 0 saturated carbocycles. The molecule has 0 radical (unpaired) electrons. The molecular formula is C21H41N3O6Si2. The zero-order valence-electron chi connectivity index (χ0n) is 20.6. The van der Waals surface area contributed by atoms with Crippen LogP contribution < -0.4 is 11.4 Å². The van der Waals surface area contributed by atoms with Crippen molar-refractivity contribution in [3.63, 3.8) is 0 Å². The van der Waals surface area contributed by atoms with Crippen molar-refractivity contribution < 1.29 is 23.2 Å². The third-order valence-electron chi connectivity index (χ3n) is 6.37. The summed E-state index contributed by atoms with van der Waals surface area (Å²) in [5.74, 6) is 0.118. The highest BCUT2D eigenvalue weighted by atomic mass is 28.5. The second-order valence-electron chi connectivity index (χ2n) is 10.00. The third kappa shape index (κ3) is 5.52. The summed E-state index contributed by atoms with van der Waals surface area (Å²) in [6.07, 6.45) is -0.349. The Morgan fingerprint density at radius 2 is 1.72 bits per heavy atom. The van der Waals surface area contributed by atoms with E-state index in [1.807, 2.05) is 27.7 Å². The first-order chi connectivity index (χ1) is 14.7. The number of aromatic nitrogens is 2. The lowest BCUT2D eigenvalue weighted by Gasteiger charge is -2.46. The number of hydrogen-bond acceptors (Lipinski definition) is 8. The lowest BCUT2D eigenvalue weighted by atomic mass is 10.2. The van der Waals surface area contributed by atoms with E-state index in [9.17, 15) is 14.7 Å². The van der Waals surface area contributed by atoms with E-state index in [1.54, 1.807) is 0 Å². The molecule has 2 rings (SSSR count). The Morgan fingerprint density at radius 3 is 2.19 bits per heavy atom. The molecule has 0 aliphatic carbocycles. The molecule has 3 atom stereocenters. The highest BCUT2D eigenvalue weighted by molar-refractivity contribution is 6.83. The van der Waals surface area contributed by atoms with E-state index in [0.29, 0.717) is 6.42 Å². The molecule has 9 nitrogen and oxygen atoms in total. The number of aliphatic hydroxyl groups is 1. The molecule has 0 unspecified atom stereocenters. The highest BCUT2D eigenvalue weighted by Gasteiger charge is 2.55. The van der Waals surface area contributed by atoms with E-state index in [4.69, 9.17) is 19.0 Å². The minimum absolute atomic E-state index is 0.0225. The van der Waals surface area contributed by atoms with Gasteiger partial charge in [-0.05, 0) is 28.2 Å². The molecule has 1 aliphatic rings. The Balaban J connectivity index is 2.22. The van der Waals surface area contributed by atoms with Gasteiger partial charge in [0.2, 0.25) is 0 Å². The molecule has 0 bridgehead atoms. The fourth-order valence-corrected chi connectivity index (χ4v) is 14.2. The minimum Gasteiger partial charge on any atom is -0.414 e. The first-order valence-electron chi connectivity index (χ1n) is 11.5. The molecule has 11 heteroatoms. The molecule has 1 aliphatic heterocycles. The maximum atomic E-state index is 12.2.